The van der Waals surface area contributed by atoms with Crippen molar-refractivity contribution >= 4 is 15.7 Å². The van der Waals surface area contributed by atoms with Crippen molar-refractivity contribution in [3.8, 4) is 5.75 Å². The fourth-order valence-electron chi connectivity index (χ4n) is 2.46. The zero-order valence-electron chi connectivity index (χ0n) is 14.1. The molecule has 3 rings (SSSR count). The van der Waals surface area contributed by atoms with E-state index in [1.165, 1.54) is 42.7 Å². The van der Waals surface area contributed by atoms with Crippen LogP contribution in [-0.4, -0.2) is 14.8 Å². The van der Waals surface area contributed by atoms with Crippen LogP contribution in [0.1, 0.15) is 5.76 Å². The smallest absolute Gasteiger partial charge is 0.467 e. The Bertz CT molecular complexity index is 1030. The quantitative estimate of drug-likeness (QED) is 0.547. The second-order valence-electron chi connectivity index (χ2n) is 5.56. The Morgan fingerprint density at radius 3 is 2.25 bits per heavy atom. The molecule has 1 aromatic heterocycles. The van der Waals surface area contributed by atoms with Crippen molar-refractivity contribution in [2.24, 2.45) is 0 Å². The minimum Gasteiger partial charge on any atom is -0.467 e. The van der Waals surface area contributed by atoms with E-state index >= 15 is 0 Å². The fourth-order valence-corrected chi connectivity index (χ4v) is 4.01. The van der Waals surface area contributed by atoms with Gasteiger partial charge in [0.2, 0.25) is 0 Å². The zero-order chi connectivity index (χ0) is 20.4. The van der Waals surface area contributed by atoms with Crippen molar-refractivity contribution in [2.45, 2.75) is 17.8 Å². The van der Waals surface area contributed by atoms with Crippen LogP contribution in [-0.2, 0) is 16.6 Å². The molecule has 0 aliphatic rings. The first kappa shape index (κ1) is 19.7. The first-order chi connectivity index (χ1) is 13.2. The molecule has 0 atom stereocenters. The van der Waals surface area contributed by atoms with Crippen molar-refractivity contribution in [3.63, 3.8) is 0 Å². The summed E-state index contributed by atoms with van der Waals surface area (Å²) in [6.45, 7) is -0.318. The summed E-state index contributed by atoms with van der Waals surface area (Å²) in [5.74, 6) is -1.23. The van der Waals surface area contributed by atoms with E-state index in [9.17, 15) is 26.0 Å². The second kappa shape index (κ2) is 7.55. The summed E-state index contributed by atoms with van der Waals surface area (Å²) in [4.78, 5) is -0.691. The van der Waals surface area contributed by atoms with E-state index in [4.69, 9.17) is 4.42 Å². The van der Waals surface area contributed by atoms with Gasteiger partial charge in [-0.25, -0.2) is 12.8 Å². The van der Waals surface area contributed by atoms with Gasteiger partial charge in [0.15, 0.2) is 0 Å². The summed E-state index contributed by atoms with van der Waals surface area (Å²) in [7, 11) is -4.52. The van der Waals surface area contributed by atoms with Crippen LogP contribution in [0.5, 0.6) is 5.75 Å². The van der Waals surface area contributed by atoms with E-state index in [2.05, 4.69) is 4.74 Å². The Labute approximate surface area is 157 Å². The number of anilines is 1. The lowest BCUT2D eigenvalue weighted by atomic mass is 10.3. The van der Waals surface area contributed by atoms with E-state index in [0.29, 0.717) is 0 Å². The van der Waals surface area contributed by atoms with Crippen LogP contribution in [0.2, 0.25) is 0 Å². The SMILES string of the molecule is O=S(=O)(c1ccccc1OC(F)(F)F)N(Cc1ccco1)c1ccc(F)cc1. The molecule has 2 aromatic carbocycles. The van der Waals surface area contributed by atoms with Crippen molar-refractivity contribution in [1.29, 1.82) is 0 Å². The summed E-state index contributed by atoms with van der Waals surface area (Å²) < 4.78 is 87.6. The number of para-hydroxylation sites is 1. The van der Waals surface area contributed by atoms with Crippen LogP contribution in [0.15, 0.2) is 76.2 Å². The third kappa shape index (κ3) is 4.45. The normalized spacial score (nSPS) is 12.0. The third-order valence-corrected chi connectivity index (χ3v) is 5.45. The first-order valence-corrected chi connectivity index (χ1v) is 9.26. The number of benzene rings is 2. The highest BCUT2D eigenvalue weighted by Gasteiger charge is 2.36. The maximum Gasteiger partial charge on any atom is 0.573 e. The van der Waals surface area contributed by atoms with Gasteiger partial charge < -0.3 is 9.15 Å². The van der Waals surface area contributed by atoms with Crippen LogP contribution in [0.3, 0.4) is 0 Å². The Hall–Kier alpha value is -3.01. The van der Waals surface area contributed by atoms with Gasteiger partial charge in [0.25, 0.3) is 10.0 Å². The number of alkyl halides is 3. The van der Waals surface area contributed by atoms with Gasteiger partial charge in [-0.2, -0.15) is 0 Å². The molecule has 5 nitrogen and oxygen atoms in total. The van der Waals surface area contributed by atoms with Gasteiger partial charge in [-0.3, -0.25) is 4.31 Å². The summed E-state index contributed by atoms with van der Waals surface area (Å²) in [5.41, 5.74) is 0.0413. The summed E-state index contributed by atoms with van der Waals surface area (Å²) in [6, 6.07) is 11.9. The second-order valence-corrected chi connectivity index (χ2v) is 7.39. The monoisotopic (exact) mass is 415 g/mol. The number of furan rings is 1. The predicted octanol–water partition coefficient (Wildman–Crippen LogP) is 4.71. The van der Waals surface area contributed by atoms with E-state index in [1.54, 1.807) is 0 Å². The molecule has 0 spiro atoms. The number of hydrogen-bond acceptors (Lipinski definition) is 4. The molecule has 1 heterocycles. The van der Waals surface area contributed by atoms with Crippen molar-refractivity contribution in [1.82, 2.24) is 0 Å². The van der Waals surface area contributed by atoms with E-state index in [1.807, 2.05) is 0 Å². The van der Waals surface area contributed by atoms with Gasteiger partial charge in [0.1, 0.15) is 22.2 Å². The molecule has 0 radical (unpaired) electrons. The maximum absolute atomic E-state index is 13.3. The van der Waals surface area contributed by atoms with Crippen LogP contribution in [0.25, 0.3) is 0 Å². The maximum atomic E-state index is 13.3. The number of sulfonamides is 1. The van der Waals surface area contributed by atoms with Gasteiger partial charge in [-0.1, -0.05) is 12.1 Å². The first-order valence-electron chi connectivity index (χ1n) is 7.82. The van der Waals surface area contributed by atoms with E-state index in [-0.39, 0.29) is 18.0 Å². The highest BCUT2D eigenvalue weighted by atomic mass is 32.2. The molecule has 0 bridgehead atoms. The largest absolute Gasteiger partial charge is 0.573 e. The van der Waals surface area contributed by atoms with Crippen LogP contribution >= 0.6 is 0 Å². The topological polar surface area (TPSA) is 59.8 Å². The standard InChI is InChI=1S/C18H13F4NO4S/c19-13-7-9-14(10-8-13)23(12-15-4-3-11-26-15)28(24,25)17-6-2-1-5-16(17)27-18(20,21)22/h1-11H,12H2. The molecule has 3 aromatic rings. The molecule has 148 valence electrons. The molecule has 0 amide bonds. The molecule has 0 saturated carbocycles. The molecule has 0 unspecified atom stereocenters. The highest BCUT2D eigenvalue weighted by molar-refractivity contribution is 7.92. The number of rotatable bonds is 6. The van der Waals surface area contributed by atoms with Crippen molar-refractivity contribution < 1.29 is 35.1 Å². The molecule has 0 fully saturated rings. The van der Waals surface area contributed by atoms with Gasteiger partial charge in [-0.05, 0) is 48.5 Å². The van der Waals surface area contributed by atoms with Gasteiger partial charge in [0.05, 0.1) is 18.5 Å². The lowest BCUT2D eigenvalue weighted by Gasteiger charge is -2.25. The Morgan fingerprint density at radius 1 is 0.964 bits per heavy atom. The number of hydrogen-bond donors (Lipinski definition) is 0. The molecule has 0 saturated heterocycles. The van der Waals surface area contributed by atoms with Gasteiger partial charge in [0, 0.05) is 0 Å². The van der Waals surface area contributed by atoms with Gasteiger partial charge >= 0.3 is 6.36 Å². The Morgan fingerprint density at radius 2 is 1.64 bits per heavy atom. The summed E-state index contributed by atoms with van der Waals surface area (Å²) in [6.07, 6.45) is -3.75. The van der Waals surface area contributed by atoms with Crippen LogP contribution < -0.4 is 9.04 Å². The lowest BCUT2D eigenvalue weighted by Crippen LogP contribution is -2.31. The molecule has 10 heteroatoms. The number of halogens is 4. The van der Waals surface area contributed by atoms with Gasteiger partial charge in [-0.15, -0.1) is 13.2 Å². The average molecular weight is 415 g/mol. The zero-order valence-corrected chi connectivity index (χ0v) is 14.9. The highest BCUT2D eigenvalue weighted by Crippen LogP contribution is 2.34. The number of ether oxygens (including phenoxy) is 1. The predicted molar refractivity (Wildman–Crippen MR) is 91.6 cm³/mol. The minimum absolute atomic E-state index is 0.0413. The Kier molecular flexibility index (Phi) is 5.32. The summed E-state index contributed by atoms with van der Waals surface area (Å²) in [5, 5.41) is 0. The summed E-state index contributed by atoms with van der Waals surface area (Å²) >= 11 is 0. The fraction of sp³-hybridized carbons (Fsp3) is 0.111. The minimum atomic E-state index is -5.08. The molecule has 0 aliphatic carbocycles. The van der Waals surface area contributed by atoms with Crippen LogP contribution in [0, 0.1) is 5.82 Å². The third-order valence-electron chi connectivity index (χ3n) is 3.64. The molecule has 28 heavy (non-hydrogen) atoms. The average Bonchev–Trinajstić information content (AvgIpc) is 3.13. The molecular weight excluding hydrogens is 402 g/mol. The Balaban J connectivity index is 2.10. The van der Waals surface area contributed by atoms with Crippen LogP contribution in [0.4, 0.5) is 23.2 Å². The van der Waals surface area contributed by atoms with Crippen molar-refractivity contribution in [2.75, 3.05) is 4.31 Å². The molecule has 0 aliphatic heterocycles. The van der Waals surface area contributed by atoms with Crippen molar-refractivity contribution in [3.05, 3.63) is 78.5 Å². The lowest BCUT2D eigenvalue weighted by molar-refractivity contribution is -0.275. The van der Waals surface area contributed by atoms with E-state index < -0.39 is 32.8 Å². The number of nitrogens with zero attached hydrogens (tertiary/aromatic N) is 1. The molecular formula is C18H13F4NO4S. The molecule has 0 N–H and O–H groups in total. The van der Waals surface area contributed by atoms with E-state index in [0.717, 1.165) is 28.6 Å².